The van der Waals surface area contributed by atoms with Crippen LogP contribution in [0.1, 0.15) is 30.5 Å². The number of benzene rings is 1. The van der Waals surface area contributed by atoms with Crippen molar-refractivity contribution in [2.75, 3.05) is 0 Å². The summed E-state index contributed by atoms with van der Waals surface area (Å²) in [6.45, 7) is 4.22. The first-order valence-electron chi connectivity index (χ1n) is 6.16. The molecule has 0 amide bonds. The number of hydrogen-bond acceptors (Lipinski definition) is 5. The van der Waals surface area contributed by atoms with Gasteiger partial charge in [0.1, 0.15) is 18.0 Å². The highest BCUT2D eigenvalue weighted by atomic mass is 16.6. The van der Waals surface area contributed by atoms with Gasteiger partial charge in [-0.1, -0.05) is 0 Å². The van der Waals surface area contributed by atoms with Gasteiger partial charge in [-0.05, 0) is 13.8 Å². The minimum Gasteiger partial charge on any atom is -0.504 e. The lowest BCUT2D eigenvalue weighted by Crippen LogP contribution is -2.09. The van der Waals surface area contributed by atoms with E-state index in [1.54, 1.807) is 0 Å². The number of aromatic hydroxyl groups is 1. The molecule has 3 N–H and O–H groups in total. The van der Waals surface area contributed by atoms with Crippen molar-refractivity contribution >= 4 is 0 Å². The van der Waals surface area contributed by atoms with Crippen LogP contribution in [0.25, 0.3) is 0 Å². The Morgan fingerprint density at radius 3 is 2.44 bits per heavy atom. The summed E-state index contributed by atoms with van der Waals surface area (Å²) in [7, 11) is 0. The van der Waals surface area contributed by atoms with Crippen molar-refractivity contribution in [2.24, 2.45) is 5.90 Å². The number of nitrogens with two attached hydrogens (primary N) is 1. The molecule has 0 bridgehead atoms. The van der Waals surface area contributed by atoms with Crippen LogP contribution in [0.3, 0.4) is 0 Å². The second-order valence-electron chi connectivity index (χ2n) is 5.02. The Labute approximate surface area is 105 Å². The highest BCUT2D eigenvalue weighted by Gasteiger charge is 2.35. The second-order valence-corrected chi connectivity index (χ2v) is 5.02. The topological polar surface area (TPSA) is 73.9 Å². The molecule has 0 radical (unpaired) electrons. The van der Waals surface area contributed by atoms with E-state index < -0.39 is 0 Å². The highest BCUT2D eigenvalue weighted by Crippen LogP contribution is 2.50. The molecule has 2 atom stereocenters. The molecule has 0 aliphatic carbocycles. The number of fused-ring (bicyclic) bond motifs is 2. The summed E-state index contributed by atoms with van der Waals surface area (Å²) >= 11 is 0. The van der Waals surface area contributed by atoms with Crippen LogP contribution in [0.5, 0.6) is 17.2 Å². The first kappa shape index (κ1) is 11.6. The van der Waals surface area contributed by atoms with Gasteiger partial charge in [-0.25, -0.2) is 5.90 Å². The fourth-order valence-corrected chi connectivity index (χ4v) is 2.81. The zero-order valence-corrected chi connectivity index (χ0v) is 10.5. The van der Waals surface area contributed by atoms with Gasteiger partial charge in [-0.2, -0.15) is 0 Å². The maximum atomic E-state index is 10.3. The van der Waals surface area contributed by atoms with Gasteiger partial charge in [0.25, 0.3) is 0 Å². The largest absolute Gasteiger partial charge is 0.504 e. The van der Waals surface area contributed by atoms with Crippen LogP contribution in [0, 0.1) is 0 Å². The number of hydrogen-bond donors (Lipinski definition) is 2. The normalized spacial score (nSPS) is 24.4. The third kappa shape index (κ3) is 1.54. The standard InChI is InChI=1S/C13H17NO4/c1-6-3-8-10(5-16-14)12-9(4-7(2)17-12)11(15)13(8)18-6/h6-7,15H,3-5,14H2,1-2H3. The van der Waals surface area contributed by atoms with Crippen LogP contribution < -0.4 is 15.4 Å². The van der Waals surface area contributed by atoms with Gasteiger partial charge in [-0.15, -0.1) is 0 Å². The minimum absolute atomic E-state index is 0.0578. The molecule has 2 unspecified atom stereocenters. The molecule has 5 heteroatoms. The smallest absolute Gasteiger partial charge is 0.165 e. The van der Waals surface area contributed by atoms with Crippen molar-refractivity contribution < 1.29 is 19.4 Å². The van der Waals surface area contributed by atoms with Crippen LogP contribution in [0.15, 0.2) is 0 Å². The van der Waals surface area contributed by atoms with Gasteiger partial charge in [-0.3, -0.25) is 4.84 Å². The maximum absolute atomic E-state index is 10.3. The molecule has 2 aliphatic heterocycles. The van der Waals surface area contributed by atoms with Gasteiger partial charge in [0.15, 0.2) is 11.5 Å². The molecule has 0 spiro atoms. The number of phenolic OH excluding ortho intramolecular Hbond substituents is 1. The zero-order chi connectivity index (χ0) is 12.9. The summed E-state index contributed by atoms with van der Waals surface area (Å²) < 4.78 is 11.5. The quantitative estimate of drug-likeness (QED) is 0.778. The SMILES string of the molecule is CC1Cc2c(CON)c3c(c(O)c2O1)CC(C)O3. The molecule has 18 heavy (non-hydrogen) atoms. The average molecular weight is 251 g/mol. The van der Waals surface area contributed by atoms with Gasteiger partial charge in [0.2, 0.25) is 0 Å². The molecule has 3 rings (SSSR count). The molecule has 0 saturated heterocycles. The number of ether oxygens (including phenoxy) is 2. The maximum Gasteiger partial charge on any atom is 0.165 e. The van der Waals surface area contributed by atoms with Crippen LogP contribution in [0.4, 0.5) is 0 Å². The summed E-state index contributed by atoms with van der Waals surface area (Å²) in [5.74, 6) is 6.71. The Balaban J connectivity index is 2.19. The fourth-order valence-electron chi connectivity index (χ4n) is 2.81. The van der Waals surface area contributed by atoms with Gasteiger partial charge in [0, 0.05) is 29.5 Å². The van der Waals surface area contributed by atoms with Crippen molar-refractivity contribution in [1.29, 1.82) is 0 Å². The van der Waals surface area contributed by atoms with Crippen molar-refractivity contribution in [3.8, 4) is 17.2 Å². The van der Waals surface area contributed by atoms with Crippen LogP contribution >= 0.6 is 0 Å². The van der Waals surface area contributed by atoms with Crippen molar-refractivity contribution in [3.63, 3.8) is 0 Å². The van der Waals surface area contributed by atoms with Gasteiger partial charge < -0.3 is 14.6 Å². The van der Waals surface area contributed by atoms with E-state index >= 15 is 0 Å². The monoisotopic (exact) mass is 251 g/mol. The van der Waals surface area contributed by atoms with E-state index in [0.717, 1.165) is 28.9 Å². The van der Waals surface area contributed by atoms with Crippen LogP contribution in [0.2, 0.25) is 0 Å². The van der Waals surface area contributed by atoms with E-state index in [2.05, 4.69) is 0 Å². The van der Waals surface area contributed by atoms with Gasteiger partial charge >= 0.3 is 0 Å². The van der Waals surface area contributed by atoms with Crippen LogP contribution in [-0.2, 0) is 24.3 Å². The molecule has 1 aromatic carbocycles. The van der Waals surface area contributed by atoms with E-state index in [0.29, 0.717) is 12.2 Å². The third-order valence-electron chi connectivity index (χ3n) is 3.54. The Bertz CT molecular complexity index is 461. The minimum atomic E-state index is 0.0578. The molecular weight excluding hydrogens is 234 g/mol. The Kier molecular flexibility index (Phi) is 2.60. The van der Waals surface area contributed by atoms with Crippen molar-refractivity contribution in [1.82, 2.24) is 0 Å². The molecular formula is C13H17NO4. The third-order valence-corrected chi connectivity index (χ3v) is 3.54. The van der Waals surface area contributed by atoms with Gasteiger partial charge in [0.05, 0.1) is 6.61 Å². The van der Waals surface area contributed by atoms with E-state index in [4.69, 9.17) is 20.2 Å². The molecule has 0 aromatic heterocycles. The number of phenols is 1. The summed E-state index contributed by atoms with van der Waals surface area (Å²) in [5.41, 5.74) is 2.68. The summed E-state index contributed by atoms with van der Waals surface area (Å²) in [6.07, 6.45) is 1.54. The van der Waals surface area contributed by atoms with E-state index in [1.807, 2.05) is 13.8 Å². The Morgan fingerprint density at radius 2 is 1.78 bits per heavy atom. The Morgan fingerprint density at radius 1 is 1.17 bits per heavy atom. The first-order valence-corrected chi connectivity index (χ1v) is 6.16. The zero-order valence-electron chi connectivity index (χ0n) is 10.5. The Hall–Kier alpha value is -1.46. The van der Waals surface area contributed by atoms with E-state index in [9.17, 15) is 5.11 Å². The molecule has 0 fully saturated rings. The summed E-state index contributed by atoms with van der Waals surface area (Å²) in [5, 5.41) is 10.3. The predicted octanol–water partition coefficient (Wildman–Crippen LogP) is 1.43. The molecule has 1 aromatic rings. The average Bonchev–Trinajstić information content (AvgIpc) is 2.88. The fraction of sp³-hybridized carbons (Fsp3) is 0.538. The highest BCUT2D eigenvalue weighted by molar-refractivity contribution is 5.65. The molecule has 2 aliphatic rings. The lowest BCUT2D eigenvalue weighted by molar-refractivity contribution is 0.120. The van der Waals surface area contributed by atoms with E-state index in [1.165, 1.54) is 0 Å². The molecule has 98 valence electrons. The van der Waals surface area contributed by atoms with Crippen molar-refractivity contribution in [2.45, 2.75) is 45.5 Å². The lowest BCUT2D eigenvalue weighted by Gasteiger charge is -2.14. The summed E-state index contributed by atoms with van der Waals surface area (Å²) in [6, 6.07) is 0. The predicted molar refractivity (Wildman–Crippen MR) is 64.7 cm³/mol. The summed E-state index contributed by atoms with van der Waals surface area (Å²) in [4.78, 5) is 4.77. The van der Waals surface area contributed by atoms with Crippen molar-refractivity contribution in [3.05, 3.63) is 16.7 Å². The molecule has 5 nitrogen and oxygen atoms in total. The van der Waals surface area contributed by atoms with E-state index in [-0.39, 0.29) is 24.6 Å². The lowest BCUT2D eigenvalue weighted by atomic mass is 9.97. The second kappa shape index (κ2) is 4.03. The first-order chi connectivity index (χ1) is 8.61. The molecule has 2 heterocycles. The molecule has 0 saturated carbocycles. The van der Waals surface area contributed by atoms with Crippen LogP contribution in [-0.4, -0.2) is 17.3 Å². The number of rotatable bonds is 2.